The Kier molecular flexibility index (Phi) is 7.36. The van der Waals surface area contributed by atoms with E-state index >= 15 is 0 Å². The molecule has 0 aromatic heterocycles. The molecule has 4 nitrogen and oxygen atoms in total. The third kappa shape index (κ3) is 5.57. The number of halogens is 1. The van der Waals surface area contributed by atoms with E-state index in [-0.39, 0.29) is 11.7 Å². The molecule has 1 unspecified atom stereocenters. The van der Waals surface area contributed by atoms with Crippen LogP contribution in [0.15, 0.2) is 77.7 Å². The van der Waals surface area contributed by atoms with Crippen LogP contribution in [0, 0.1) is 5.82 Å². The van der Waals surface area contributed by atoms with Crippen molar-refractivity contribution in [3.8, 4) is 0 Å². The van der Waals surface area contributed by atoms with Crippen LogP contribution >= 0.6 is 11.8 Å². The number of thioether (sulfide) groups is 1. The van der Waals surface area contributed by atoms with Crippen LogP contribution in [0.2, 0.25) is 0 Å². The maximum absolute atomic E-state index is 14.9. The number of carbonyl (C=O) groups is 1. The minimum atomic E-state index is -0.292. The molecule has 33 heavy (non-hydrogen) atoms. The third-order valence-electron chi connectivity index (χ3n) is 6.21. The summed E-state index contributed by atoms with van der Waals surface area (Å²) < 4.78 is 14.9. The van der Waals surface area contributed by atoms with Crippen molar-refractivity contribution in [3.63, 3.8) is 0 Å². The largest absolute Gasteiger partial charge is 0.368 e. The Morgan fingerprint density at radius 3 is 2.39 bits per heavy atom. The van der Waals surface area contributed by atoms with Crippen LogP contribution in [0.5, 0.6) is 0 Å². The summed E-state index contributed by atoms with van der Waals surface area (Å²) in [6.07, 6.45) is 1.02. The molecule has 1 saturated heterocycles. The summed E-state index contributed by atoms with van der Waals surface area (Å²) in [5.41, 5.74) is 2.89. The molecule has 0 bridgehead atoms. The average molecular weight is 464 g/mol. The summed E-state index contributed by atoms with van der Waals surface area (Å²) in [4.78, 5) is 20.0. The van der Waals surface area contributed by atoms with Crippen molar-refractivity contribution in [1.29, 1.82) is 0 Å². The minimum Gasteiger partial charge on any atom is -0.368 e. The summed E-state index contributed by atoms with van der Waals surface area (Å²) in [5, 5.41) is 0. The zero-order valence-corrected chi connectivity index (χ0v) is 20.2. The molecule has 1 aliphatic heterocycles. The van der Waals surface area contributed by atoms with Gasteiger partial charge in [-0.05, 0) is 68.5 Å². The maximum Gasteiger partial charge on any atom is 0.258 e. The minimum absolute atomic E-state index is 0.154. The molecule has 3 aromatic carbocycles. The normalized spacial score (nSPS) is 15.8. The quantitative estimate of drug-likeness (QED) is 0.430. The number of hydrogen-bond donors (Lipinski definition) is 0. The van der Waals surface area contributed by atoms with Crippen molar-refractivity contribution < 1.29 is 9.18 Å². The van der Waals surface area contributed by atoms with Crippen molar-refractivity contribution in [3.05, 3.63) is 89.7 Å². The number of hydrogen-bond acceptors (Lipinski definition) is 4. The van der Waals surface area contributed by atoms with Gasteiger partial charge in [0.15, 0.2) is 0 Å². The van der Waals surface area contributed by atoms with Crippen molar-refractivity contribution >= 4 is 29.0 Å². The highest BCUT2D eigenvalue weighted by atomic mass is 32.2. The van der Waals surface area contributed by atoms with Gasteiger partial charge >= 0.3 is 0 Å². The highest BCUT2D eigenvalue weighted by Gasteiger charge is 2.26. The molecule has 6 heteroatoms. The molecule has 1 fully saturated rings. The lowest BCUT2D eigenvalue weighted by Gasteiger charge is -2.23. The predicted molar refractivity (Wildman–Crippen MR) is 136 cm³/mol. The van der Waals surface area contributed by atoms with Crippen LogP contribution < -0.4 is 9.80 Å². The number of rotatable bonds is 7. The molecular weight excluding hydrogens is 433 g/mol. The Morgan fingerprint density at radius 2 is 1.76 bits per heavy atom. The van der Waals surface area contributed by atoms with E-state index in [1.165, 1.54) is 15.9 Å². The molecule has 172 valence electrons. The van der Waals surface area contributed by atoms with Crippen molar-refractivity contribution in [2.24, 2.45) is 0 Å². The number of nitrogens with zero attached hydrogens (tertiary/aromatic N) is 3. The van der Waals surface area contributed by atoms with E-state index in [2.05, 4.69) is 36.0 Å². The number of anilines is 2. The SMILES string of the molecule is CN(C(=O)c1ccc(CSc2ccccc2)cc1)c1ccc(N2CCC(N(C)C)C2)c(F)c1. The van der Waals surface area contributed by atoms with Crippen LogP contribution in [-0.4, -0.2) is 51.1 Å². The fourth-order valence-electron chi connectivity index (χ4n) is 4.08. The summed E-state index contributed by atoms with van der Waals surface area (Å²) in [7, 11) is 5.81. The monoisotopic (exact) mass is 463 g/mol. The molecule has 1 atom stereocenters. The lowest BCUT2D eigenvalue weighted by Crippen LogP contribution is -2.31. The van der Waals surface area contributed by atoms with Crippen LogP contribution in [0.25, 0.3) is 0 Å². The number of amides is 1. The molecule has 1 amide bonds. The van der Waals surface area contributed by atoms with Crippen molar-refractivity contribution in [1.82, 2.24) is 4.90 Å². The second-order valence-corrected chi connectivity index (χ2v) is 9.70. The molecule has 0 saturated carbocycles. The van der Waals surface area contributed by atoms with Gasteiger partial charge in [0.1, 0.15) is 5.82 Å². The molecule has 0 radical (unpaired) electrons. The van der Waals surface area contributed by atoms with Gasteiger partial charge < -0.3 is 14.7 Å². The van der Waals surface area contributed by atoms with Gasteiger partial charge in [-0.2, -0.15) is 0 Å². The van der Waals surface area contributed by atoms with E-state index in [4.69, 9.17) is 0 Å². The van der Waals surface area contributed by atoms with E-state index < -0.39 is 0 Å². The van der Waals surface area contributed by atoms with Crippen molar-refractivity contribution in [2.75, 3.05) is 44.0 Å². The van der Waals surface area contributed by atoms with Crippen LogP contribution in [0.4, 0.5) is 15.8 Å². The third-order valence-corrected chi connectivity index (χ3v) is 7.29. The Morgan fingerprint density at radius 1 is 1.03 bits per heavy atom. The second-order valence-electron chi connectivity index (χ2n) is 8.65. The molecule has 0 aliphatic carbocycles. The fourth-order valence-corrected chi connectivity index (χ4v) is 4.96. The van der Waals surface area contributed by atoms with Gasteiger partial charge in [0.05, 0.1) is 5.69 Å². The summed E-state index contributed by atoms with van der Waals surface area (Å²) in [6, 6.07) is 23.4. The highest BCUT2D eigenvalue weighted by molar-refractivity contribution is 7.98. The zero-order valence-electron chi connectivity index (χ0n) is 19.4. The van der Waals surface area contributed by atoms with Gasteiger partial charge in [-0.25, -0.2) is 4.39 Å². The van der Waals surface area contributed by atoms with Gasteiger partial charge in [-0.15, -0.1) is 11.8 Å². The van der Waals surface area contributed by atoms with E-state index in [1.807, 2.05) is 48.5 Å². The Hall–Kier alpha value is -2.83. The Balaban J connectivity index is 1.40. The molecule has 1 aliphatic rings. The number of carbonyl (C=O) groups excluding carboxylic acids is 1. The van der Waals surface area contributed by atoms with Crippen LogP contribution in [-0.2, 0) is 5.75 Å². The molecule has 1 heterocycles. The smallest absolute Gasteiger partial charge is 0.258 e. The summed E-state index contributed by atoms with van der Waals surface area (Å²) in [6.45, 7) is 1.65. The molecule has 3 aromatic rings. The standard InChI is InChI=1S/C27H30FN3OS/c1-29(2)23-15-16-31(18-23)26-14-13-22(17-25(26)28)30(3)27(32)21-11-9-20(10-12-21)19-33-24-7-5-4-6-8-24/h4-14,17,23H,15-16,18-19H2,1-3H3. The number of benzene rings is 3. The molecule has 4 rings (SSSR count). The van der Waals surface area contributed by atoms with Crippen molar-refractivity contribution in [2.45, 2.75) is 23.1 Å². The lowest BCUT2D eigenvalue weighted by atomic mass is 10.1. The van der Waals surface area contributed by atoms with Crippen LogP contribution in [0.3, 0.4) is 0 Å². The number of likely N-dealkylation sites (N-methyl/N-ethyl adjacent to an activating group) is 1. The summed E-state index contributed by atoms with van der Waals surface area (Å²) in [5.74, 6) is 0.393. The van der Waals surface area contributed by atoms with E-state index in [0.29, 0.717) is 23.0 Å². The van der Waals surface area contributed by atoms with Gasteiger partial charge in [0, 0.05) is 48.1 Å². The zero-order chi connectivity index (χ0) is 23.4. The van der Waals surface area contributed by atoms with Crippen LogP contribution in [0.1, 0.15) is 22.3 Å². The first kappa shape index (κ1) is 23.3. The van der Waals surface area contributed by atoms with E-state index in [1.54, 1.807) is 24.9 Å². The maximum atomic E-state index is 14.9. The molecule has 0 spiro atoms. The Labute approximate surface area is 200 Å². The first-order chi connectivity index (χ1) is 15.9. The molecule has 0 N–H and O–H groups in total. The second kappa shape index (κ2) is 10.4. The fraction of sp³-hybridized carbons (Fsp3) is 0.296. The lowest BCUT2D eigenvalue weighted by molar-refractivity contribution is 0.0993. The molecular formula is C27H30FN3OS. The Bertz CT molecular complexity index is 1090. The van der Waals surface area contributed by atoms with Gasteiger partial charge in [0.25, 0.3) is 5.91 Å². The average Bonchev–Trinajstić information content (AvgIpc) is 3.33. The topological polar surface area (TPSA) is 26.8 Å². The predicted octanol–water partition coefficient (Wildman–Crippen LogP) is 5.53. The first-order valence-electron chi connectivity index (χ1n) is 11.2. The van der Waals surface area contributed by atoms with Gasteiger partial charge in [0.2, 0.25) is 0 Å². The van der Waals surface area contributed by atoms with Gasteiger partial charge in [-0.3, -0.25) is 4.79 Å². The van der Waals surface area contributed by atoms with E-state index in [0.717, 1.165) is 30.8 Å². The van der Waals surface area contributed by atoms with Gasteiger partial charge in [-0.1, -0.05) is 30.3 Å². The summed E-state index contributed by atoms with van der Waals surface area (Å²) >= 11 is 1.76. The first-order valence-corrected chi connectivity index (χ1v) is 12.2. The van der Waals surface area contributed by atoms with E-state index in [9.17, 15) is 9.18 Å². The highest BCUT2D eigenvalue weighted by Crippen LogP contribution is 2.29.